The molecule has 0 fully saturated rings. The fourth-order valence-electron chi connectivity index (χ4n) is 7.22. The number of rotatable bonds is 12. The van der Waals surface area contributed by atoms with Gasteiger partial charge in [0.1, 0.15) is 17.3 Å². The highest BCUT2D eigenvalue weighted by Crippen LogP contribution is 2.53. The Bertz CT molecular complexity index is 1700. The van der Waals surface area contributed by atoms with E-state index in [9.17, 15) is 0 Å². The van der Waals surface area contributed by atoms with Crippen molar-refractivity contribution in [3.8, 4) is 0 Å². The number of hydrogen-bond acceptors (Lipinski definition) is 4. The van der Waals surface area contributed by atoms with Crippen LogP contribution in [0.4, 0.5) is 0 Å². The van der Waals surface area contributed by atoms with Gasteiger partial charge in [-0.15, -0.1) is 0 Å². The number of aliphatic imine (C=N–C) groups is 1. The molecular weight excluding hydrogens is 564 g/mol. The van der Waals surface area contributed by atoms with E-state index in [4.69, 9.17) is 8.83 Å². The van der Waals surface area contributed by atoms with E-state index in [-0.39, 0.29) is 5.41 Å². The molecule has 1 aliphatic heterocycles. The van der Waals surface area contributed by atoms with Gasteiger partial charge in [0.2, 0.25) is 0 Å². The Kier molecular flexibility index (Phi) is 9.82. The van der Waals surface area contributed by atoms with Gasteiger partial charge in [-0.2, -0.15) is 0 Å². The zero-order valence-electron chi connectivity index (χ0n) is 28.4. The van der Waals surface area contributed by atoms with Gasteiger partial charge in [-0.3, -0.25) is 0 Å². The van der Waals surface area contributed by atoms with Crippen molar-refractivity contribution in [2.75, 3.05) is 0 Å². The third-order valence-electron chi connectivity index (χ3n) is 10.1. The predicted molar refractivity (Wildman–Crippen MR) is 193 cm³/mol. The fourth-order valence-corrected chi connectivity index (χ4v) is 7.22. The molecule has 0 bridgehead atoms. The van der Waals surface area contributed by atoms with Gasteiger partial charge in [0.05, 0.1) is 6.04 Å². The van der Waals surface area contributed by atoms with E-state index in [0.29, 0.717) is 12.0 Å². The molecule has 0 saturated carbocycles. The first-order valence-electron chi connectivity index (χ1n) is 17.6. The molecule has 3 heterocycles. The van der Waals surface area contributed by atoms with Gasteiger partial charge in [-0.25, -0.2) is 4.99 Å². The Morgan fingerprint density at radius 2 is 1.83 bits per heavy atom. The number of nitrogens with zero attached hydrogens (tertiary/aromatic N) is 1. The van der Waals surface area contributed by atoms with E-state index in [1.807, 2.05) is 12.3 Å². The monoisotopic (exact) mass is 614 g/mol. The first-order chi connectivity index (χ1) is 22.4. The highest BCUT2D eigenvalue weighted by Gasteiger charge is 2.39. The van der Waals surface area contributed by atoms with Crippen molar-refractivity contribution in [3.05, 3.63) is 129 Å². The Balaban J connectivity index is 1.21. The first kappa shape index (κ1) is 31.9. The average Bonchev–Trinajstić information content (AvgIpc) is 3.83. The van der Waals surface area contributed by atoms with Crippen LogP contribution in [0.25, 0.3) is 12.2 Å². The van der Waals surface area contributed by atoms with Crippen molar-refractivity contribution in [2.24, 2.45) is 10.4 Å². The van der Waals surface area contributed by atoms with Crippen LogP contribution in [-0.4, -0.2) is 11.9 Å². The highest BCUT2D eigenvalue weighted by molar-refractivity contribution is 5.98. The summed E-state index contributed by atoms with van der Waals surface area (Å²) in [6.45, 7) is 11.3. The van der Waals surface area contributed by atoms with Crippen LogP contribution in [0.5, 0.6) is 0 Å². The van der Waals surface area contributed by atoms with Crippen molar-refractivity contribution in [1.29, 1.82) is 0 Å². The molecule has 4 nitrogen and oxygen atoms in total. The first-order valence-corrected chi connectivity index (χ1v) is 17.6. The van der Waals surface area contributed by atoms with E-state index in [1.165, 1.54) is 39.9 Å². The third-order valence-corrected chi connectivity index (χ3v) is 10.1. The minimum Gasteiger partial charge on any atom is -0.461 e. The van der Waals surface area contributed by atoms with Crippen LogP contribution in [0.3, 0.4) is 0 Å². The van der Waals surface area contributed by atoms with Crippen LogP contribution in [0, 0.1) is 5.41 Å². The highest BCUT2D eigenvalue weighted by atomic mass is 16.3. The van der Waals surface area contributed by atoms with E-state index in [1.54, 1.807) is 0 Å². The molecule has 6 rings (SSSR count). The summed E-state index contributed by atoms with van der Waals surface area (Å²) in [4.78, 5) is 4.65. The normalized spacial score (nSPS) is 21.0. The van der Waals surface area contributed by atoms with Gasteiger partial charge >= 0.3 is 0 Å². The van der Waals surface area contributed by atoms with Gasteiger partial charge in [-0.05, 0) is 121 Å². The summed E-state index contributed by atoms with van der Waals surface area (Å²) in [5, 5.41) is 3.57. The van der Waals surface area contributed by atoms with Crippen LogP contribution in [-0.2, 0) is 0 Å². The second kappa shape index (κ2) is 14.2. The molecule has 4 aliphatic rings. The van der Waals surface area contributed by atoms with E-state index in [2.05, 4.69) is 118 Å². The largest absolute Gasteiger partial charge is 0.461 e. The smallest absolute Gasteiger partial charge is 0.169 e. The number of fused-ring (bicyclic) bond motifs is 1. The topological polar surface area (TPSA) is 50.7 Å². The van der Waals surface area contributed by atoms with Crippen LogP contribution < -0.4 is 5.32 Å². The summed E-state index contributed by atoms with van der Waals surface area (Å²) in [6, 6.07) is 8.58. The van der Waals surface area contributed by atoms with Gasteiger partial charge < -0.3 is 14.2 Å². The number of unbranched alkanes of at least 4 members (excludes halogenated alkanes) is 1. The molecule has 2 aromatic heterocycles. The number of allylic oxidation sites excluding steroid dienone is 11. The molecule has 0 saturated heterocycles. The molecule has 46 heavy (non-hydrogen) atoms. The van der Waals surface area contributed by atoms with Gasteiger partial charge in [-0.1, -0.05) is 83.6 Å². The van der Waals surface area contributed by atoms with Crippen LogP contribution >= 0.6 is 0 Å². The lowest BCUT2D eigenvalue weighted by Gasteiger charge is -2.33. The lowest BCUT2D eigenvalue weighted by atomic mass is 9.70. The van der Waals surface area contributed by atoms with Crippen molar-refractivity contribution in [1.82, 2.24) is 5.32 Å². The van der Waals surface area contributed by atoms with Crippen LogP contribution in [0.2, 0.25) is 0 Å². The average molecular weight is 615 g/mol. The number of hydrogen-bond donors (Lipinski definition) is 1. The maximum atomic E-state index is 6.27. The Morgan fingerprint density at radius 3 is 2.61 bits per heavy atom. The zero-order valence-corrected chi connectivity index (χ0v) is 28.4. The maximum absolute atomic E-state index is 6.27. The SMILES string of the molecule is CCCCC(/C=C/c1ccc(C2=NC=C3C=CCCC3N2)o1)=C\C1=CC2=C(C=C(/C=C/c3ccc(C(C)C)o3)CC2)C1(CC)CC. The number of amidine groups is 1. The van der Waals surface area contributed by atoms with Gasteiger partial charge in [0.15, 0.2) is 11.6 Å². The molecule has 2 aromatic rings. The van der Waals surface area contributed by atoms with Crippen molar-refractivity contribution < 1.29 is 8.83 Å². The summed E-state index contributed by atoms with van der Waals surface area (Å²) in [5.41, 5.74) is 8.50. The summed E-state index contributed by atoms with van der Waals surface area (Å²) in [6.07, 6.45) is 32.5. The molecule has 1 atom stereocenters. The second-order valence-electron chi connectivity index (χ2n) is 13.4. The Hall–Kier alpha value is -4.05. The molecule has 0 radical (unpaired) electrons. The van der Waals surface area contributed by atoms with E-state index >= 15 is 0 Å². The molecule has 1 N–H and O–H groups in total. The van der Waals surface area contributed by atoms with Crippen molar-refractivity contribution in [3.63, 3.8) is 0 Å². The number of nitrogens with one attached hydrogen (secondary N) is 1. The molecule has 4 heteroatoms. The fraction of sp³-hybridized carbons (Fsp3) is 0.405. The minimum absolute atomic E-state index is 0.0406. The third kappa shape index (κ3) is 6.72. The molecule has 0 amide bonds. The van der Waals surface area contributed by atoms with Gasteiger partial charge in [0, 0.05) is 17.5 Å². The van der Waals surface area contributed by atoms with Gasteiger partial charge in [0.25, 0.3) is 0 Å². The zero-order chi connectivity index (χ0) is 32.1. The molecule has 0 aromatic carbocycles. The maximum Gasteiger partial charge on any atom is 0.169 e. The lowest BCUT2D eigenvalue weighted by molar-refractivity contribution is 0.419. The van der Waals surface area contributed by atoms with E-state index in [0.717, 1.165) is 80.2 Å². The van der Waals surface area contributed by atoms with Crippen LogP contribution in [0.1, 0.15) is 121 Å². The molecular formula is C42H50N2O2. The standard InChI is InChI=1S/C42H50N2O2/c1-6-9-12-30(16-19-36-22-24-40(46-36)41-43-28-33-13-10-11-14-38(33)44-41)25-34-27-32-18-15-31(26-37(32)42(34,7-2)8-3)17-20-35-21-23-39(45-35)29(4)5/h10,13,16-17,19-29,38H,6-9,11-12,14-15,18H2,1-5H3,(H,43,44)/b19-16+,20-17+,30-25+. The minimum atomic E-state index is 0.0406. The summed E-state index contributed by atoms with van der Waals surface area (Å²) in [7, 11) is 0. The van der Waals surface area contributed by atoms with E-state index < -0.39 is 0 Å². The summed E-state index contributed by atoms with van der Waals surface area (Å²) in [5.74, 6) is 4.84. The quantitative estimate of drug-likeness (QED) is 0.242. The molecule has 3 aliphatic carbocycles. The summed E-state index contributed by atoms with van der Waals surface area (Å²) >= 11 is 0. The predicted octanol–water partition coefficient (Wildman–Crippen LogP) is 11.6. The van der Waals surface area contributed by atoms with Crippen molar-refractivity contribution >= 4 is 18.0 Å². The second-order valence-corrected chi connectivity index (χ2v) is 13.4. The molecule has 1 unspecified atom stereocenters. The Morgan fingerprint density at radius 1 is 1.00 bits per heavy atom. The van der Waals surface area contributed by atoms with Crippen LogP contribution in [0.15, 0.2) is 120 Å². The molecule has 240 valence electrons. The Labute approximate surface area is 275 Å². The molecule has 0 spiro atoms. The number of furan rings is 2. The summed E-state index contributed by atoms with van der Waals surface area (Å²) < 4.78 is 12.3. The lowest BCUT2D eigenvalue weighted by Crippen LogP contribution is -2.39. The van der Waals surface area contributed by atoms with Crippen molar-refractivity contribution in [2.45, 2.75) is 104 Å².